The predicted octanol–water partition coefficient (Wildman–Crippen LogP) is 3.90. The number of nitrogens with one attached hydrogen (secondary N) is 2. The third kappa shape index (κ3) is 4.55. The minimum Gasteiger partial charge on any atom is -0.456 e. The maximum atomic E-state index is 12.5. The molecule has 0 aliphatic carbocycles. The number of carbonyl (C=O) groups is 2. The number of nitrogens with zero attached hydrogens (tertiary/aromatic N) is 1. The highest BCUT2D eigenvalue weighted by atomic mass is 32.2. The Morgan fingerprint density at radius 1 is 1.13 bits per heavy atom. The topological polar surface area (TPSA) is 118 Å². The fraction of sp³-hybridized carbons (Fsp3) is 0.190. The number of imide groups is 1. The number of aromatic nitrogens is 1. The number of thioether (sulfide) groups is 1. The molecule has 3 heterocycles. The zero-order valence-corrected chi connectivity index (χ0v) is 18.6. The van der Waals surface area contributed by atoms with Crippen LogP contribution in [0.3, 0.4) is 0 Å². The summed E-state index contributed by atoms with van der Waals surface area (Å²) in [4.78, 5) is 27.7. The molecular formula is C21H19N3O5S2. The van der Waals surface area contributed by atoms with Crippen LogP contribution in [0.5, 0.6) is 0 Å². The van der Waals surface area contributed by atoms with E-state index in [0.717, 1.165) is 17.3 Å². The molecular weight excluding hydrogens is 438 g/mol. The second-order valence-corrected chi connectivity index (χ2v) is 10.7. The normalized spacial score (nSPS) is 16.3. The summed E-state index contributed by atoms with van der Waals surface area (Å²) in [5, 5.41) is 2.49. The lowest BCUT2D eigenvalue weighted by Gasteiger charge is -2.20. The van der Waals surface area contributed by atoms with Crippen molar-refractivity contribution in [2.75, 3.05) is 0 Å². The monoisotopic (exact) mass is 457 g/mol. The molecule has 31 heavy (non-hydrogen) atoms. The van der Waals surface area contributed by atoms with Crippen LogP contribution in [0.25, 0.3) is 28.2 Å². The number of fused-ring (bicyclic) bond motifs is 1. The molecule has 0 unspecified atom stereocenters. The van der Waals surface area contributed by atoms with Crippen LogP contribution >= 0.6 is 11.8 Å². The van der Waals surface area contributed by atoms with Crippen LogP contribution in [0, 0.1) is 0 Å². The van der Waals surface area contributed by atoms with Gasteiger partial charge in [0.2, 0.25) is 10.0 Å². The van der Waals surface area contributed by atoms with Crippen LogP contribution in [0.4, 0.5) is 4.79 Å². The van der Waals surface area contributed by atoms with Crippen molar-refractivity contribution in [1.29, 1.82) is 0 Å². The number of amides is 2. The largest absolute Gasteiger partial charge is 0.456 e. The van der Waals surface area contributed by atoms with Crippen molar-refractivity contribution >= 4 is 50.0 Å². The summed E-state index contributed by atoms with van der Waals surface area (Å²) < 4.78 is 33.6. The van der Waals surface area contributed by atoms with E-state index in [1.54, 1.807) is 51.4 Å². The summed E-state index contributed by atoms with van der Waals surface area (Å²) in [5.41, 5.74) is 1.35. The molecule has 0 atom stereocenters. The van der Waals surface area contributed by atoms with Gasteiger partial charge in [-0.3, -0.25) is 19.9 Å². The molecule has 10 heteroatoms. The van der Waals surface area contributed by atoms with Gasteiger partial charge >= 0.3 is 0 Å². The van der Waals surface area contributed by atoms with E-state index >= 15 is 0 Å². The lowest BCUT2D eigenvalue weighted by atomic mass is 10.1. The van der Waals surface area contributed by atoms with Crippen molar-refractivity contribution in [2.24, 2.45) is 0 Å². The van der Waals surface area contributed by atoms with E-state index in [0.29, 0.717) is 22.3 Å². The molecule has 0 saturated carbocycles. The Kier molecular flexibility index (Phi) is 5.24. The first-order valence-corrected chi connectivity index (χ1v) is 11.6. The molecule has 4 rings (SSSR count). The van der Waals surface area contributed by atoms with Crippen LogP contribution in [0.2, 0.25) is 0 Å². The summed E-state index contributed by atoms with van der Waals surface area (Å²) in [5.74, 6) is -0.0559. The second kappa shape index (κ2) is 7.63. The van der Waals surface area contributed by atoms with Gasteiger partial charge < -0.3 is 4.42 Å². The van der Waals surface area contributed by atoms with Crippen LogP contribution in [0.15, 0.2) is 56.9 Å². The molecule has 3 aromatic rings. The minimum absolute atomic E-state index is 0.158. The minimum atomic E-state index is -3.64. The van der Waals surface area contributed by atoms with Crippen LogP contribution in [0.1, 0.15) is 26.5 Å². The number of hydrogen-bond donors (Lipinski definition) is 2. The lowest BCUT2D eigenvalue weighted by molar-refractivity contribution is -0.115. The third-order valence-electron chi connectivity index (χ3n) is 4.27. The Hall–Kier alpha value is -2.95. The first kappa shape index (κ1) is 21.3. The molecule has 1 fully saturated rings. The maximum absolute atomic E-state index is 12.5. The summed E-state index contributed by atoms with van der Waals surface area (Å²) >= 11 is 0.810. The van der Waals surface area contributed by atoms with Crippen LogP contribution < -0.4 is 10.0 Å². The van der Waals surface area contributed by atoms with E-state index in [1.807, 2.05) is 0 Å². The molecule has 1 saturated heterocycles. The molecule has 1 aliphatic rings. The zero-order valence-electron chi connectivity index (χ0n) is 16.9. The van der Waals surface area contributed by atoms with Crippen molar-refractivity contribution in [3.8, 4) is 11.1 Å². The Balaban J connectivity index is 1.69. The molecule has 0 bridgehead atoms. The Morgan fingerprint density at radius 3 is 2.45 bits per heavy atom. The molecule has 0 spiro atoms. The lowest BCUT2D eigenvalue weighted by Crippen LogP contribution is -2.40. The Morgan fingerprint density at radius 2 is 1.84 bits per heavy atom. The zero-order chi connectivity index (χ0) is 22.4. The molecule has 1 aliphatic heterocycles. The molecule has 2 N–H and O–H groups in total. The van der Waals surface area contributed by atoms with E-state index in [9.17, 15) is 18.0 Å². The van der Waals surface area contributed by atoms with E-state index in [1.165, 1.54) is 18.2 Å². The summed E-state index contributed by atoms with van der Waals surface area (Å²) in [6.45, 7) is 5.33. The molecule has 0 radical (unpaired) electrons. The number of rotatable bonds is 4. The second-order valence-electron chi connectivity index (χ2n) is 7.99. The van der Waals surface area contributed by atoms with Gasteiger partial charge in [0.1, 0.15) is 11.3 Å². The fourth-order valence-corrected chi connectivity index (χ4v) is 5.17. The number of pyridine rings is 1. The smallest absolute Gasteiger partial charge is 0.290 e. The summed E-state index contributed by atoms with van der Waals surface area (Å²) in [6, 6.07) is 8.15. The number of hydrogen-bond acceptors (Lipinski definition) is 7. The van der Waals surface area contributed by atoms with Gasteiger partial charge in [-0.15, -0.1) is 0 Å². The van der Waals surface area contributed by atoms with Crippen molar-refractivity contribution in [2.45, 2.75) is 31.2 Å². The SMILES string of the molecule is CC(C)(C)NS(=O)(=O)c1ccc(-c2cncc3cc(C=C4SC(=O)NC4=O)oc23)cc1. The van der Waals surface area contributed by atoms with E-state index < -0.39 is 26.7 Å². The number of sulfonamides is 1. The average Bonchev–Trinajstić information content (AvgIpc) is 3.21. The molecule has 8 nitrogen and oxygen atoms in total. The van der Waals surface area contributed by atoms with Crippen LogP contribution in [-0.4, -0.2) is 30.1 Å². The van der Waals surface area contributed by atoms with Gasteiger partial charge in [-0.05, 0) is 56.3 Å². The van der Waals surface area contributed by atoms with Gasteiger partial charge in [-0.25, -0.2) is 13.1 Å². The third-order valence-corrected chi connectivity index (χ3v) is 6.86. The first-order valence-electron chi connectivity index (χ1n) is 9.29. The first-order chi connectivity index (χ1) is 14.5. The highest BCUT2D eigenvalue weighted by Crippen LogP contribution is 2.33. The molecule has 1 aromatic carbocycles. The van der Waals surface area contributed by atoms with Gasteiger partial charge in [-0.2, -0.15) is 0 Å². The van der Waals surface area contributed by atoms with Gasteiger partial charge in [0.25, 0.3) is 11.1 Å². The highest BCUT2D eigenvalue weighted by Gasteiger charge is 2.26. The quantitative estimate of drug-likeness (QED) is 0.571. The van der Waals surface area contributed by atoms with Crippen molar-refractivity contribution in [3.05, 3.63) is 53.4 Å². The standard InChI is InChI=1S/C21H19N3O5S2/c1-21(2,3)24-31(27,28)15-6-4-12(5-7-15)16-11-22-10-13-8-14(29-18(13)16)9-17-19(25)23-20(26)30-17/h4-11,24H,1-3H3,(H,23,25,26). The van der Waals surface area contributed by atoms with E-state index in [2.05, 4.69) is 15.0 Å². The van der Waals surface area contributed by atoms with Crippen molar-refractivity contribution in [1.82, 2.24) is 15.0 Å². The summed E-state index contributed by atoms with van der Waals surface area (Å²) in [7, 11) is -3.64. The Labute approximate surface area is 183 Å². The maximum Gasteiger partial charge on any atom is 0.290 e. The van der Waals surface area contributed by atoms with Gasteiger partial charge in [-0.1, -0.05) is 12.1 Å². The highest BCUT2D eigenvalue weighted by molar-refractivity contribution is 8.18. The number of carbonyl (C=O) groups excluding carboxylic acids is 2. The molecule has 160 valence electrons. The number of furan rings is 1. The van der Waals surface area contributed by atoms with Gasteiger partial charge in [0.15, 0.2) is 0 Å². The molecule has 2 aromatic heterocycles. The Bertz CT molecular complexity index is 1330. The number of benzene rings is 1. The summed E-state index contributed by atoms with van der Waals surface area (Å²) in [6.07, 6.45) is 4.76. The fourth-order valence-electron chi connectivity index (χ4n) is 3.08. The van der Waals surface area contributed by atoms with Gasteiger partial charge in [0.05, 0.1) is 9.80 Å². The van der Waals surface area contributed by atoms with E-state index in [4.69, 9.17) is 4.42 Å². The van der Waals surface area contributed by atoms with Crippen molar-refractivity contribution < 1.29 is 22.4 Å². The predicted molar refractivity (Wildman–Crippen MR) is 119 cm³/mol. The van der Waals surface area contributed by atoms with Crippen molar-refractivity contribution in [3.63, 3.8) is 0 Å². The van der Waals surface area contributed by atoms with E-state index in [-0.39, 0.29) is 9.80 Å². The van der Waals surface area contributed by atoms with Crippen LogP contribution in [-0.2, 0) is 14.8 Å². The average molecular weight is 458 g/mol. The van der Waals surface area contributed by atoms with Gasteiger partial charge in [0, 0.05) is 35.0 Å². The molecule has 2 amide bonds.